The molecule has 1 atom stereocenters. The largest absolute Gasteiger partial charge is 0.486 e. The van der Waals surface area contributed by atoms with Crippen molar-refractivity contribution in [1.29, 1.82) is 0 Å². The highest BCUT2D eigenvalue weighted by molar-refractivity contribution is 7.99. The van der Waals surface area contributed by atoms with Crippen LogP contribution in [0.2, 0.25) is 0 Å². The van der Waals surface area contributed by atoms with Crippen LogP contribution in [0.15, 0.2) is 48.1 Å². The van der Waals surface area contributed by atoms with E-state index in [0.29, 0.717) is 34.0 Å². The summed E-state index contributed by atoms with van der Waals surface area (Å²) in [6.45, 7) is 6.75. The number of ether oxygens (including phenoxy) is 2. The summed E-state index contributed by atoms with van der Waals surface area (Å²) in [4.78, 5) is 26.5. The topological polar surface area (TPSA) is 95.3 Å². The zero-order chi connectivity index (χ0) is 24.8. The number of hydrogen-bond donors (Lipinski definition) is 1. The fraction of sp³-hybridized carbons (Fsp3) is 0.360. The summed E-state index contributed by atoms with van der Waals surface area (Å²) in [5.41, 5.74) is 1.50. The molecule has 0 aliphatic heterocycles. The van der Waals surface area contributed by atoms with Gasteiger partial charge in [0.25, 0.3) is 0 Å². The van der Waals surface area contributed by atoms with Crippen LogP contribution in [-0.2, 0) is 35.5 Å². The van der Waals surface area contributed by atoms with Gasteiger partial charge in [-0.1, -0.05) is 43.0 Å². The van der Waals surface area contributed by atoms with Crippen molar-refractivity contribution in [2.45, 2.75) is 44.5 Å². The minimum absolute atomic E-state index is 0.119. The van der Waals surface area contributed by atoms with Gasteiger partial charge in [-0.3, -0.25) is 9.36 Å². The highest BCUT2D eigenvalue weighted by Gasteiger charge is 2.29. The number of nitrogens with zero attached hydrogens (tertiary/aromatic N) is 3. The molecule has 35 heavy (non-hydrogen) atoms. The van der Waals surface area contributed by atoms with Gasteiger partial charge in [0.05, 0.1) is 18.4 Å². The standard InChI is InChI=1S/C25H28N4O4S2/c1-4-12-29-20(14-33-17-8-6-5-7-9-17)27-28-25(29)34-15-21(30)26-23-22(24(31)32-3)18-11-10-16(2)13-19(18)35-23/h4-9,16H,1,10-15H2,2-3H3,(H,26,30). The number of amides is 1. The van der Waals surface area contributed by atoms with E-state index in [1.54, 1.807) is 6.08 Å². The molecule has 184 valence electrons. The van der Waals surface area contributed by atoms with Crippen molar-refractivity contribution in [3.05, 3.63) is 64.8 Å². The lowest BCUT2D eigenvalue weighted by Gasteiger charge is -2.18. The van der Waals surface area contributed by atoms with Gasteiger partial charge in [-0.25, -0.2) is 4.79 Å². The Morgan fingerprint density at radius 3 is 2.86 bits per heavy atom. The molecule has 0 bridgehead atoms. The van der Waals surface area contributed by atoms with E-state index in [1.807, 2.05) is 34.9 Å². The Morgan fingerprint density at radius 1 is 1.31 bits per heavy atom. The zero-order valence-corrected chi connectivity index (χ0v) is 21.4. The lowest BCUT2D eigenvalue weighted by Crippen LogP contribution is -2.17. The zero-order valence-electron chi connectivity index (χ0n) is 19.8. The van der Waals surface area contributed by atoms with Gasteiger partial charge in [0.2, 0.25) is 5.91 Å². The molecule has 0 saturated heterocycles. The molecule has 8 nitrogen and oxygen atoms in total. The Morgan fingerprint density at radius 2 is 2.11 bits per heavy atom. The summed E-state index contributed by atoms with van der Waals surface area (Å²) >= 11 is 2.75. The lowest BCUT2D eigenvalue weighted by atomic mass is 9.88. The first-order valence-corrected chi connectivity index (χ1v) is 13.2. The molecule has 1 aliphatic rings. The fourth-order valence-corrected chi connectivity index (χ4v) is 6.14. The molecule has 2 aromatic heterocycles. The van der Waals surface area contributed by atoms with Gasteiger partial charge in [-0.05, 0) is 42.9 Å². The molecule has 0 radical (unpaired) electrons. The SMILES string of the molecule is C=CCn1c(COc2ccccc2)nnc1SCC(=O)Nc1sc2c(c1C(=O)OC)CCC(C)C2. The van der Waals surface area contributed by atoms with Gasteiger partial charge in [-0.15, -0.1) is 28.1 Å². The predicted molar refractivity (Wildman–Crippen MR) is 137 cm³/mol. The second-order valence-electron chi connectivity index (χ2n) is 8.28. The molecule has 1 N–H and O–H groups in total. The highest BCUT2D eigenvalue weighted by atomic mass is 32.2. The van der Waals surface area contributed by atoms with Crippen molar-refractivity contribution < 1.29 is 19.1 Å². The Labute approximate surface area is 212 Å². The molecule has 1 aliphatic carbocycles. The summed E-state index contributed by atoms with van der Waals surface area (Å²) in [5.74, 6) is 1.43. The number of benzene rings is 1. The minimum atomic E-state index is -0.409. The number of methoxy groups -OCH3 is 1. The second-order valence-corrected chi connectivity index (χ2v) is 10.3. The van der Waals surface area contributed by atoms with Crippen LogP contribution in [0.5, 0.6) is 5.75 Å². The van der Waals surface area contributed by atoms with Crippen LogP contribution in [-0.4, -0.2) is 39.5 Å². The van der Waals surface area contributed by atoms with Crippen molar-refractivity contribution >= 4 is 40.0 Å². The molecular formula is C25H28N4O4S2. The van der Waals surface area contributed by atoms with Crippen LogP contribution in [0.25, 0.3) is 0 Å². The van der Waals surface area contributed by atoms with E-state index in [2.05, 4.69) is 29.0 Å². The Bertz CT molecular complexity index is 1210. The van der Waals surface area contributed by atoms with Crippen molar-refractivity contribution in [3.63, 3.8) is 0 Å². The Balaban J connectivity index is 1.43. The number of allylic oxidation sites excluding steroid dienone is 1. The number of carbonyl (C=O) groups is 2. The van der Waals surface area contributed by atoms with Crippen LogP contribution in [0.3, 0.4) is 0 Å². The third kappa shape index (κ3) is 5.94. The third-order valence-corrected chi connectivity index (χ3v) is 7.84. The number of carbonyl (C=O) groups excluding carboxylic acids is 2. The first kappa shape index (κ1) is 25.0. The quantitative estimate of drug-likeness (QED) is 0.238. The van der Waals surface area contributed by atoms with Crippen LogP contribution in [0.4, 0.5) is 5.00 Å². The normalized spacial score (nSPS) is 14.7. The van der Waals surface area contributed by atoms with Crippen molar-refractivity contribution in [2.24, 2.45) is 5.92 Å². The van der Waals surface area contributed by atoms with Gasteiger partial charge < -0.3 is 14.8 Å². The van der Waals surface area contributed by atoms with Crippen molar-refractivity contribution in [2.75, 3.05) is 18.2 Å². The van der Waals surface area contributed by atoms with Crippen molar-refractivity contribution in [1.82, 2.24) is 14.8 Å². The van der Waals surface area contributed by atoms with E-state index in [0.717, 1.165) is 35.5 Å². The molecule has 4 rings (SSSR count). The van der Waals surface area contributed by atoms with E-state index >= 15 is 0 Å². The first-order valence-electron chi connectivity index (χ1n) is 11.4. The van der Waals surface area contributed by atoms with E-state index in [1.165, 1.54) is 30.2 Å². The molecule has 10 heteroatoms. The van der Waals surface area contributed by atoms with Gasteiger partial charge >= 0.3 is 5.97 Å². The number of esters is 1. The Kier molecular flexibility index (Phi) is 8.25. The number of para-hydroxylation sites is 1. The molecule has 2 heterocycles. The minimum Gasteiger partial charge on any atom is -0.486 e. The summed E-state index contributed by atoms with van der Waals surface area (Å²) in [6, 6.07) is 9.48. The number of anilines is 1. The molecular weight excluding hydrogens is 484 g/mol. The van der Waals surface area contributed by atoms with Crippen LogP contribution in [0, 0.1) is 5.92 Å². The predicted octanol–water partition coefficient (Wildman–Crippen LogP) is 4.75. The first-order chi connectivity index (χ1) is 17.0. The maximum atomic E-state index is 12.8. The van der Waals surface area contributed by atoms with Gasteiger partial charge in [0, 0.05) is 11.4 Å². The summed E-state index contributed by atoms with van der Waals surface area (Å²) in [7, 11) is 1.37. The van der Waals surface area contributed by atoms with Crippen LogP contribution < -0.4 is 10.1 Å². The number of aromatic nitrogens is 3. The van der Waals surface area contributed by atoms with Gasteiger partial charge in [0.1, 0.15) is 17.4 Å². The smallest absolute Gasteiger partial charge is 0.341 e. The third-order valence-electron chi connectivity index (χ3n) is 5.70. The Hall–Kier alpha value is -3.11. The summed E-state index contributed by atoms with van der Waals surface area (Å²) in [6.07, 6.45) is 4.50. The number of hydrogen-bond acceptors (Lipinski definition) is 8. The van der Waals surface area contributed by atoms with Crippen LogP contribution in [0.1, 0.15) is 40.0 Å². The maximum absolute atomic E-state index is 12.8. The van der Waals surface area contributed by atoms with Gasteiger partial charge in [-0.2, -0.15) is 0 Å². The average Bonchev–Trinajstić information content (AvgIpc) is 3.41. The second kappa shape index (κ2) is 11.5. The molecule has 3 aromatic rings. The monoisotopic (exact) mass is 512 g/mol. The number of thiophene rings is 1. The number of rotatable bonds is 10. The molecule has 0 spiro atoms. The molecule has 1 unspecified atom stereocenters. The molecule has 1 amide bonds. The van der Waals surface area contributed by atoms with Crippen molar-refractivity contribution in [3.8, 4) is 5.75 Å². The van der Waals surface area contributed by atoms with Gasteiger partial charge in [0.15, 0.2) is 11.0 Å². The summed E-state index contributed by atoms with van der Waals surface area (Å²) in [5, 5.41) is 12.6. The molecule has 0 fully saturated rings. The van der Waals surface area contributed by atoms with E-state index in [9.17, 15) is 9.59 Å². The summed E-state index contributed by atoms with van der Waals surface area (Å²) < 4.78 is 12.7. The highest BCUT2D eigenvalue weighted by Crippen LogP contribution is 2.40. The molecule has 1 aromatic carbocycles. The van der Waals surface area contributed by atoms with E-state index in [-0.39, 0.29) is 18.3 Å². The van der Waals surface area contributed by atoms with E-state index in [4.69, 9.17) is 9.47 Å². The maximum Gasteiger partial charge on any atom is 0.341 e. The lowest BCUT2D eigenvalue weighted by molar-refractivity contribution is -0.113. The fourth-order valence-electron chi connectivity index (χ4n) is 3.96. The number of nitrogens with one attached hydrogen (secondary N) is 1. The number of fused-ring (bicyclic) bond motifs is 1. The number of thioether (sulfide) groups is 1. The van der Waals surface area contributed by atoms with E-state index < -0.39 is 5.97 Å². The molecule has 0 saturated carbocycles. The average molecular weight is 513 g/mol. The van der Waals surface area contributed by atoms with Crippen LogP contribution >= 0.6 is 23.1 Å².